The Morgan fingerprint density at radius 2 is 2.00 bits per heavy atom. The summed E-state index contributed by atoms with van der Waals surface area (Å²) >= 11 is 0. The van der Waals surface area contributed by atoms with E-state index in [1.165, 1.54) is 5.69 Å². The molecule has 6 nitrogen and oxygen atoms in total. The molecular weight excluding hydrogens is 443 g/mol. The predicted molar refractivity (Wildman–Crippen MR) is 117 cm³/mol. The maximum Gasteiger partial charge on any atom is 0.194 e. The highest BCUT2D eigenvalue weighted by atomic mass is 127. The van der Waals surface area contributed by atoms with Crippen molar-refractivity contribution in [3.63, 3.8) is 0 Å². The molecule has 2 fully saturated rings. The molecule has 0 aromatic heterocycles. The fourth-order valence-corrected chi connectivity index (χ4v) is 3.37. The molecule has 0 spiro atoms. The second kappa shape index (κ2) is 9.64. The van der Waals surface area contributed by atoms with Gasteiger partial charge in [0.15, 0.2) is 5.96 Å². The summed E-state index contributed by atoms with van der Waals surface area (Å²) in [5.41, 5.74) is 0.632. The fourth-order valence-electron chi connectivity index (χ4n) is 3.37. The first-order chi connectivity index (χ1) is 12.1. The highest BCUT2D eigenvalue weighted by Crippen LogP contribution is 2.31. The molecule has 1 heterocycles. The van der Waals surface area contributed by atoms with Crippen LogP contribution in [0.2, 0.25) is 0 Å². The maximum absolute atomic E-state index is 10.3. The number of hydrogen-bond donors (Lipinski definition) is 2. The molecule has 0 atom stereocenters. The molecule has 7 heteroatoms. The van der Waals surface area contributed by atoms with Gasteiger partial charge in [-0.05, 0) is 38.3 Å². The van der Waals surface area contributed by atoms with E-state index in [1.54, 1.807) is 7.11 Å². The second-order valence-electron chi connectivity index (χ2n) is 6.92. The maximum atomic E-state index is 10.3. The summed E-state index contributed by atoms with van der Waals surface area (Å²) in [5.74, 6) is 1.82. The highest BCUT2D eigenvalue weighted by molar-refractivity contribution is 14.0. The van der Waals surface area contributed by atoms with Crippen molar-refractivity contribution in [1.29, 1.82) is 0 Å². The fraction of sp³-hybridized carbons (Fsp3) is 0.632. The Balaban J connectivity index is 0.00000243. The second-order valence-corrected chi connectivity index (χ2v) is 6.92. The van der Waals surface area contributed by atoms with Crippen molar-refractivity contribution >= 4 is 35.6 Å². The summed E-state index contributed by atoms with van der Waals surface area (Å²) in [6.07, 6.45) is 2.86. The van der Waals surface area contributed by atoms with Crippen molar-refractivity contribution in [1.82, 2.24) is 10.2 Å². The van der Waals surface area contributed by atoms with Crippen LogP contribution in [0.15, 0.2) is 29.3 Å². The van der Waals surface area contributed by atoms with Crippen LogP contribution in [0.3, 0.4) is 0 Å². The van der Waals surface area contributed by atoms with Gasteiger partial charge in [-0.1, -0.05) is 6.07 Å². The first kappa shape index (κ1) is 21.1. The van der Waals surface area contributed by atoms with Gasteiger partial charge in [0.2, 0.25) is 0 Å². The number of aliphatic imine (C=N–C) groups is 1. The van der Waals surface area contributed by atoms with Crippen LogP contribution >= 0.6 is 24.0 Å². The van der Waals surface area contributed by atoms with Gasteiger partial charge in [0.25, 0.3) is 0 Å². The SMILES string of the molecule is CCNC(=NCC1(O)CCC1)N1CCN(c2cccc(OC)c2)CC1.I. The van der Waals surface area contributed by atoms with E-state index in [1.807, 2.05) is 12.1 Å². The Hall–Kier alpha value is -1.22. The molecule has 1 saturated heterocycles. The third-order valence-corrected chi connectivity index (χ3v) is 5.14. The van der Waals surface area contributed by atoms with E-state index in [0.29, 0.717) is 6.54 Å². The molecule has 1 aliphatic carbocycles. The van der Waals surface area contributed by atoms with Crippen molar-refractivity contribution in [2.75, 3.05) is 51.3 Å². The lowest BCUT2D eigenvalue weighted by Gasteiger charge is -2.39. The van der Waals surface area contributed by atoms with E-state index < -0.39 is 5.60 Å². The van der Waals surface area contributed by atoms with Gasteiger partial charge in [0.1, 0.15) is 5.75 Å². The Kier molecular flexibility index (Phi) is 7.82. The minimum atomic E-state index is -0.566. The van der Waals surface area contributed by atoms with Crippen LogP contribution in [0.4, 0.5) is 5.69 Å². The first-order valence-electron chi connectivity index (χ1n) is 9.28. The zero-order valence-corrected chi connectivity index (χ0v) is 18.1. The summed E-state index contributed by atoms with van der Waals surface area (Å²) in [7, 11) is 1.70. The number of halogens is 1. The van der Waals surface area contributed by atoms with Crippen LogP contribution < -0.4 is 15.0 Å². The lowest BCUT2D eigenvalue weighted by Crippen LogP contribution is -2.53. The number of nitrogens with zero attached hydrogens (tertiary/aromatic N) is 3. The molecular formula is C19H31IN4O2. The van der Waals surface area contributed by atoms with Gasteiger partial charge < -0.3 is 25.0 Å². The van der Waals surface area contributed by atoms with Gasteiger partial charge in [-0.25, -0.2) is 0 Å². The number of anilines is 1. The number of piperazine rings is 1. The largest absolute Gasteiger partial charge is 0.497 e. The molecule has 0 bridgehead atoms. The van der Waals surface area contributed by atoms with Crippen molar-refractivity contribution in [2.24, 2.45) is 4.99 Å². The van der Waals surface area contributed by atoms with Gasteiger partial charge in [-0.15, -0.1) is 24.0 Å². The van der Waals surface area contributed by atoms with Crippen molar-refractivity contribution < 1.29 is 9.84 Å². The van der Waals surface area contributed by atoms with Crippen LogP contribution in [0.25, 0.3) is 0 Å². The van der Waals surface area contributed by atoms with Crippen LogP contribution in [0.5, 0.6) is 5.75 Å². The van der Waals surface area contributed by atoms with E-state index in [4.69, 9.17) is 9.73 Å². The third kappa shape index (κ3) is 5.16. The predicted octanol–water partition coefficient (Wildman–Crippen LogP) is 2.32. The van der Waals surface area contributed by atoms with E-state index in [2.05, 4.69) is 34.2 Å². The Labute approximate surface area is 173 Å². The molecule has 1 aromatic carbocycles. The first-order valence-corrected chi connectivity index (χ1v) is 9.28. The minimum absolute atomic E-state index is 0. The third-order valence-electron chi connectivity index (χ3n) is 5.14. The highest BCUT2D eigenvalue weighted by Gasteiger charge is 2.34. The lowest BCUT2D eigenvalue weighted by molar-refractivity contribution is -0.0237. The molecule has 26 heavy (non-hydrogen) atoms. The summed E-state index contributed by atoms with van der Waals surface area (Å²) in [4.78, 5) is 9.37. The molecule has 3 rings (SSSR count). The van der Waals surface area contributed by atoms with Crippen molar-refractivity contribution in [3.8, 4) is 5.75 Å². The molecule has 2 aliphatic rings. The summed E-state index contributed by atoms with van der Waals surface area (Å²) < 4.78 is 5.33. The molecule has 0 amide bonds. The average molecular weight is 474 g/mol. The molecule has 1 saturated carbocycles. The number of rotatable bonds is 5. The molecule has 0 radical (unpaired) electrons. The molecule has 146 valence electrons. The van der Waals surface area contributed by atoms with Crippen molar-refractivity contribution in [2.45, 2.75) is 31.8 Å². The van der Waals surface area contributed by atoms with Gasteiger partial charge in [-0.3, -0.25) is 4.99 Å². The molecule has 1 aliphatic heterocycles. The summed E-state index contributed by atoms with van der Waals surface area (Å²) in [6.45, 7) is 7.16. The van der Waals surface area contributed by atoms with Gasteiger partial charge in [0.05, 0.1) is 19.3 Å². The van der Waals surface area contributed by atoms with Gasteiger partial charge in [-0.2, -0.15) is 0 Å². The average Bonchev–Trinajstić information content (AvgIpc) is 2.64. The molecule has 0 unspecified atom stereocenters. The van der Waals surface area contributed by atoms with E-state index in [0.717, 1.165) is 63.7 Å². The van der Waals surface area contributed by atoms with Gasteiger partial charge in [0, 0.05) is 44.5 Å². The Bertz CT molecular complexity index is 599. The van der Waals surface area contributed by atoms with Crippen molar-refractivity contribution in [3.05, 3.63) is 24.3 Å². The van der Waals surface area contributed by atoms with Crippen LogP contribution in [-0.2, 0) is 0 Å². The number of aliphatic hydroxyl groups is 1. The van der Waals surface area contributed by atoms with Crippen LogP contribution in [0, 0.1) is 0 Å². The van der Waals surface area contributed by atoms with Crippen LogP contribution in [-0.4, -0.2) is 67.9 Å². The number of benzene rings is 1. The van der Waals surface area contributed by atoms with Crippen LogP contribution in [0.1, 0.15) is 26.2 Å². The molecule has 2 N–H and O–H groups in total. The Morgan fingerprint density at radius 3 is 2.58 bits per heavy atom. The minimum Gasteiger partial charge on any atom is -0.497 e. The van der Waals surface area contributed by atoms with Gasteiger partial charge >= 0.3 is 0 Å². The smallest absolute Gasteiger partial charge is 0.194 e. The Morgan fingerprint density at radius 1 is 1.27 bits per heavy atom. The quantitative estimate of drug-likeness (QED) is 0.390. The number of methoxy groups -OCH3 is 1. The number of guanidine groups is 1. The normalized spacial score (nSPS) is 19.4. The lowest BCUT2D eigenvalue weighted by atomic mass is 9.80. The van der Waals surface area contributed by atoms with E-state index in [9.17, 15) is 5.11 Å². The van der Waals surface area contributed by atoms with E-state index in [-0.39, 0.29) is 24.0 Å². The zero-order chi connectivity index (χ0) is 17.7. The number of hydrogen-bond acceptors (Lipinski definition) is 4. The standard InChI is InChI=1S/C19H30N4O2.HI/c1-3-20-18(21-15-19(24)8-5-9-19)23-12-10-22(11-13-23)16-6-4-7-17(14-16)25-2;/h4,6-7,14,24H,3,5,8-13,15H2,1-2H3,(H,20,21);1H. The number of ether oxygens (including phenoxy) is 1. The monoisotopic (exact) mass is 474 g/mol. The molecule has 1 aromatic rings. The summed E-state index contributed by atoms with van der Waals surface area (Å²) in [6, 6.07) is 8.22. The summed E-state index contributed by atoms with van der Waals surface area (Å²) in [5, 5.41) is 13.7. The van der Waals surface area contributed by atoms with E-state index >= 15 is 0 Å². The zero-order valence-electron chi connectivity index (χ0n) is 15.8. The topological polar surface area (TPSA) is 60.3 Å². The number of nitrogens with one attached hydrogen (secondary N) is 1.